The summed E-state index contributed by atoms with van der Waals surface area (Å²) in [6.07, 6.45) is 1.69. The van der Waals surface area contributed by atoms with E-state index in [0.29, 0.717) is 16.4 Å². The molecule has 3 rings (SSSR count). The van der Waals surface area contributed by atoms with Gasteiger partial charge in [0.15, 0.2) is 0 Å². The standard InChI is InChI=1S/C16H15ClFN3/c1-2-3-16-20-13-9-11(19)5-7-15(13)21(16)14-6-4-10(17)8-12(14)18/h4-9H,2-3,19H2,1H3. The summed E-state index contributed by atoms with van der Waals surface area (Å²) in [7, 11) is 0. The number of rotatable bonds is 3. The maximum Gasteiger partial charge on any atom is 0.148 e. The Kier molecular flexibility index (Phi) is 3.55. The van der Waals surface area contributed by atoms with E-state index in [1.54, 1.807) is 24.3 Å². The molecule has 0 spiro atoms. The summed E-state index contributed by atoms with van der Waals surface area (Å²) < 4.78 is 16.1. The summed E-state index contributed by atoms with van der Waals surface area (Å²) in [4.78, 5) is 4.59. The highest BCUT2D eigenvalue weighted by atomic mass is 35.5. The average Bonchev–Trinajstić information content (AvgIpc) is 2.76. The Morgan fingerprint density at radius 1 is 1.24 bits per heavy atom. The second kappa shape index (κ2) is 5.37. The Hall–Kier alpha value is -2.07. The lowest BCUT2D eigenvalue weighted by Crippen LogP contribution is -2.03. The first kappa shape index (κ1) is 13.9. The summed E-state index contributed by atoms with van der Waals surface area (Å²) in [5.41, 5.74) is 8.52. The summed E-state index contributed by atoms with van der Waals surface area (Å²) in [6, 6.07) is 10.1. The largest absolute Gasteiger partial charge is 0.399 e. The van der Waals surface area contributed by atoms with Gasteiger partial charge in [0.05, 0.1) is 16.7 Å². The molecule has 0 radical (unpaired) electrons. The fourth-order valence-electron chi connectivity index (χ4n) is 2.47. The topological polar surface area (TPSA) is 43.8 Å². The third-order valence-corrected chi connectivity index (χ3v) is 3.61. The lowest BCUT2D eigenvalue weighted by Gasteiger charge is -2.10. The van der Waals surface area contributed by atoms with Gasteiger partial charge in [0.2, 0.25) is 0 Å². The molecule has 2 aromatic carbocycles. The molecule has 0 saturated carbocycles. The lowest BCUT2D eigenvalue weighted by molar-refractivity contribution is 0.616. The number of hydrogen-bond donors (Lipinski definition) is 1. The summed E-state index contributed by atoms with van der Waals surface area (Å²) in [5.74, 6) is 0.454. The third kappa shape index (κ3) is 2.47. The number of hydrogen-bond acceptors (Lipinski definition) is 2. The zero-order valence-corrected chi connectivity index (χ0v) is 12.4. The number of aromatic nitrogens is 2. The van der Waals surface area contributed by atoms with Gasteiger partial charge in [-0.05, 0) is 42.8 Å². The Balaban J connectivity index is 2.30. The molecule has 0 bridgehead atoms. The van der Waals surface area contributed by atoms with Gasteiger partial charge in [-0.3, -0.25) is 4.57 Å². The number of fused-ring (bicyclic) bond motifs is 1. The molecule has 0 atom stereocenters. The molecule has 1 aromatic heterocycles. The first-order chi connectivity index (χ1) is 10.1. The van der Waals surface area contributed by atoms with Crippen molar-refractivity contribution in [1.82, 2.24) is 9.55 Å². The van der Waals surface area contributed by atoms with E-state index >= 15 is 0 Å². The molecule has 5 heteroatoms. The van der Waals surface area contributed by atoms with Crippen LogP contribution in [0.3, 0.4) is 0 Å². The third-order valence-electron chi connectivity index (χ3n) is 3.37. The van der Waals surface area contributed by atoms with Crippen LogP contribution in [0.2, 0.25) is 5.02 Å². The number of nitrogens with two attached hydrogens (primary N) is 1. The van der Waals surface area contributed by atoms with E-state index in [9.17, 15) is 4.39 Å². The minimum Gasteiger partial charge on any atom is -0.399 e. The average molecular weight is 304 g/mol. The van der Waals surface area contributed by atoms with Gasteiger partial charge in [-0.25, -0.2) is 9.37 Å². The highest BCUT2D eigenvalue weighted by molar-refractivity contribution is 6.30. The van der Waals surface area contributed by atoms with Gasteiger partial charge >= 0.3 is 0 Å². The number of anilines is 1. The SMILES string of the molecule is CCCc1nc2cc(N)ccc2n1-c1ccc(Cl)cc1F. The van der Waals surface area contributed by atoms with Crippen LogP contribution in [0.4, 0.5) is 10.1 Å². The predicted octanol–water partition coefficient (Wildman–Crippen LogP) is 4.35. The molecular formula is C16H15ClFN3. The van der Waals surface area contributed by atoms with Crippen LogP contribution in [0.1, 0.15) is 19.2 Å². The van der Waals surface area contributed by atoms with E-state index in [1.807, 2.05) is 10.6 Å². The van der Waals surface area contributed by atoms with Crippen molar-refractivity contribution in [3.63, 3.8) is 0 Å². The molecule has 0 fully saturated rings. The van der Waals surface area contributed by atoms with Crippen LogP contribution in [0, 0.1) is 5.82 Å². The first-order valence-electron chi connectivity index (χ1n) is 6.82. The summed E-state index contributed by atoms with van der Waals surface area (Å²) >= 11 is 5.84. The molecular weight excluding hydrogens is 289 g/mol. The minimum absolute atomic E-state index is 0.365. The van der Waals surface area contributed by atoms with Crippen LogP contribution in [-0.2, 0) is 6.42 Å². The zero-order valence-electron chi connectivity index (χ0n) is 11.6. The molecule has 3 nitrogen and oxygen atoms in total. The number of aryl methyl sites for hydroxylation is 1. The summed E-state index contributed by atoms with van der Waals surface area (Å²) in [5, 5.41) is 0.377. The Labute approximate surface area is 127 Å². The van der Waals surface area contributed by atoms with Gasteiger partial charge in [0.25, 0.3) is 0 Å². The van der Waals surface area contributed by atoms with Crippen molar-refractivity contribution in [1.29, 1.82) is 0 Å². The number of benzene rings is 2. The molecule has 21 heavy (non-hydrogen) atoms. The van der Waals surface area contributed by atoms with Crippen LogP contribution < -0.4 is 5.73 Å². The van der Waals surface area contributed by atoms with Gasteiger partial charge in [0.1, 0.15) is 11.6 Å². The van der Waals surface area contributed by atoms with E-state index < -0.39 is 0 Å². The van der Waals surface area contributed by atoms with Gasteiger partial charge in [-0.1, -0.05) is 18.5 Å². The van der Waals surface area contributed by atoms with Gasteiger partial charge in [0, 0.05) is 17.1 Å². The van der Waals surface area contributed by atoms with Crippen LogP contribution >= 0.6 is 11.6 Å². The molecule has 0 amide bonds. The van der Waals surface area contributed by atoms with Crippen molar-refractivity contribution in [2.45, 2.75) is 19.8 Å². The fraction of sp³-hybridized carbons (Fsp3) is 0.188. The van der Waals surface area contributed by atoms with Gasteiger partial charge in [-0.2, -0.15) is 0 Å². The Morgan fingerprint density at radius 3 is 2.76 bits per heavy atom. The molecule has 0 aliphatic rings. The zero-order chi connectivity index (χ0) is 15.0. The fourth-order valence-corrected chi connectivity index (χ4v) is 2.63. The predicted molar refractivity (Wildman–Crippen MR) is 84.4 cm³/mol. The maximum absolute atomic E-state index is 14.3. The van der Waals surface area contributed by atoms with Crippen LogP contribution in [0.25, 0.3) is 16.7 Å². The van der Waals surface area contributed by atoms with Gasteiger partial charge in [-0.15, -0.1) is 0 Å². The van der Waals surface area contributed by atoms with Crippen LogP contribution in [0.15, 0.2) is 36.4 Å². The number of halogens is 2. The highest BCUT2D eigenvalue weighted by Gasteiger charge is 2.15. The van der Waals surface area contributed by atoms with Crippen molar-refractivity contribution in [3.05, 3.63) is 53.1 Å². The van der Waals surface area contributed by atoms with E-state index in [1.165, 1.54) is 6.07 Å². The second-order valence-electron chi connectivity index (χ2n) is 4.96. The quantitative estimate of drug-likeness (QED) is 0.731. The normalized spacial score (nSPS) is 11.2. The minimum atomic E-state index is -0.365. The first-order valence-corrected chi connectivity index (χ1v) is 7.20. The number of nitrogens with zero attached hydrogens (tertiary/aromatic N) is 2. The Bertz CT molecular complexity index is 811. The van der Waals surface area contributed by atoms with E-state index in [0.717, 1.165) is 29.7 Å². The molecule has 108 valence electrons. The van der Waals surface area contributed by atoms with E-state index in [-0.39, 0.29) is 5.82 Å². The molecule has 2 N–H and O–H groups in total. The second-order valence-corrected chi connectivity index (χ2v) is 5.39. The van der Waals surface area contributed by atoms with Crippen molar-refractivity contribution in [2.75, 3.05) is 5.73 Å². The number of imidazole rings is 1. The smallest absolute Gasteiger partial charge is 0.148 e. The molecule has 0 saturated heterocycles. The molecule has 3 aromatic rings. The summed E-state index contributed by atoms with van der Waals surface area (Å²) in [6.45, 7) is 2.07. The van der Waals surface area contributed by atoms with E-state index in [2.05, 4.69) is 11.9 Å². The number of nitrogen functional groups attached to an aromatic ring is 1. The van der Waals surface area contributed by atoms with Crippen LogP contribution in [-0.4, -0.2) is 9.55 Å². The van der Waals surface area contributed by atoms with Crippen molar-refractivity contribution < 1.29 is 4.39 Å². The maximum atomic E-state index is 14.3. The molecule has 0 aliphatic heterocycles. The van der Waals surface area contributed by atoms with Crippen molar-refractivity contribution in [3.8, 4) is 5.69 Å². The monoisotopic (exact) mass is 303 g/mol. The van der Waals surface area contributed by atoms with E-state index in [4.69, 9.17) is 17.3 Å². The highest BCUT2D eigenvalue weighted by Crippen LogP contribution is 2.27. The van der Waals surface area contributed by atoms with Crippen molar-refractivity contribution >= 4 is 28.3 Å². The molecule has 0 unspecified atom stereocenters. The molecule has 0 aliphatic carbocycles. The van der Waals surface area contributed by atoms with Crippen LogP contribution in [0.5, 0.6) is 0 Å². The Morgan fingerprint density at radius 2 is 2.05 bits per heavy atom. The van der Waals surface area contributed by atoms with Crippen molar-refractivity contribution in [2.24, 2.45) is 0 Å². The lowest BCUT2D eigenvalue weighted by atomic mass is 10.2. The van der Waals surface area contributed by atoms with Gasteiger partial charge < -0.3 is 5.73 Å². The molecule has 1 heterocycles.